The summed E-state index contributed by atoms with van der Waals surface area (Å²) in [5.41, 5.74) is 0. The largest absolute Gasteiger partial charge is 0.493 e. The van der Waals surface area contributed by atoms with Crippen molar-refractivity contribution in [3.63, 3.8) is 0 Å². The summed E-state index contributed by atoms with van der Waals surface area (Å²) >= 11 is 5.84. The van der Waals surface area contributed by atoms with Crippen LogP contribution in [-0.4, -0.2) is 39.4 Å². The lowest BCUT2D eigenvalue weighted by atomic mass is 10.1. The first-order chi connectivity index (χ1) is 13.7. The number of halogens is 1. The Kier molecular flexibility index (Phi) is 10.3. The van der Waals surface area contributed by atoms with Crippen molar-refractivity contribution in [1.29, 1.82) is 0 Å². The summed E-state index contributed by atoms with van der Waals surface area (Å²) in [5, 5.41) is 2.00. The molecule has 0 bridgehead atoms. The van der Waals surface area contributed by atoms with Gasteiger partial charge in [0.15, 0.2) is 11.5 Å². The van der Waals surface area contributed by atoms with Crippen LogP contribution in [0.3, 0.4) is 0 Å². The molecule has 156 valence electrons. The minimum absolute atomic E-state index is 0.0405. The zero-order valence-electron chi connectivity index (χ0n) is 17.3. The van der Waals surface area contributed by atoms with Gasteiger partial charge < -0.3 is 18.9 Å². The molecule has 0 spiro atoms. The first-order valence-electron chi connectivity index (χ1n) is 10.2. The molecule has 2 aromatic carbocycles. The number of methoxy groups -OCH3 is 2. The zero-order chi connectivity index (χ0) is 20.2. The number of benzene rings is 2. The number of unbranched alkanes of at least 4 members (excludes halogenated alkanes) is 4. The van der Waals surface area contributed by atoms with E-state index in [-0.39, 0.29) is 6.10 Å². The quantitative estimate of drug-likeness (QED) is 0.274. The SMILES string of the molecule is CCCCCCCOc1c(OC)cc(OCC(CCCl)OC)c2ccccc12. The first kappa shape index (κ1) is 22.6. The summed E-state index contributed by atoms with van der Waals surface area (Å²) in [5.74, 6) is 2.77. The van der Waals surface area contributed by atoms with Crippen LogP contribution in [0.2, 0.25) is 0 Å². The highest BCUT2D eigenvalue weighted by Gasteiger charge is 2.16. The van der Waals surface area contributed by atoms with Crippen LogP contribution >= 0.6 is 11.6 Å². The van der Waals surface area contributed by atoms with Crippen LogP contribution in [0.15, 0.2) is 30.3 Å². The van der Waals surface area contributed by atoms with Crippen LogP contribution in [0, 0.1) is 0 Å². The molecule has 0 heterocycles. The van der Waals surface area contributed by atoms with E-state index in [1.54, 1.807) is 14.2 Å². The van der Waals surface area contributed by atoms with Gasteiger partial charge in [-0.15, -0.1) is 11.6 Å². The topological polar surface area (TPSA) is 36.9 Å². The lowest BCUT2D eigenvalue weighted by Crippen LogP contribution is -2.20. The van der Waals surface area contributed by atoms with Crippen LogP contribution in [0.1, 0.15) is 45.4 Å². The number of ether oxygens (including phenoxy) is 4. The smallest absolute Gasteiger partial charge is 0.169 e. The Bertz CT molecular complexity index is 704. The van der Waals surface area contributed by atoms with Crippen molar-refractivity contribution in [2.24, 2.45) is 0 Å². The summed E-state index contributed by atoms with van der Waals surface area (Å²) in [6.45, 7) is 3.35. The lowest BCUT2D eigenvalue weighted by molar-refractivity contribution is 0.0566. The molecule has 0 aliphatic carbocycles. The summed E-state index contributed by atoms with van der Waals surface area (Å²) in [4.78, 5) is 0. The summed E-state index contributed by atoms with van der Waals surface area (Å²) < 4.78 is 23.3. The molecule has 0 saturated heterocycles. The molecule has 0 aromatic heterocycles. The Morgan fingerprint density at radius 2 is 1.68 bits per heavy atom. The Labute approximate surface area is 174 Å². The Morgan fingerprint density at radius 3 is 2.36 bits per heavy atom. The first-order valence-corrected chi connectivity index (χ1v) is 10.7. The van der Waals surface area contributed by atoms with Gasteiger partial charge in [0.1, 0.15) is 12.4 Å². The molecule has 5 heteroatoms. The third-order valence-electron chi connectivity index (χ3n) is 4.83. The van der Waals surface area contributed by atoms with E-state index in [2.05, 4.69) is 6.92 Å². The fourth-order valence-electron chi connectivity index (χ4n) is 3.16. The highest BCUT2D eigenvalue weighted by molar-refractivity contribution is 6.17. The molecule has 2 aromatic rings. The third-order valence-corrected chi connectivity index (χ3v) is 5.04. The lowest BCUT2D eigenvalue weighted by Gasteiger charge is -2.19. The predicted molar refractivity (Wildman–Crippen MR) is 116 cm³/mol. The zero-order valence-corrected chi connectivity index (χ0v) is 18.1. The minimum atomic E-state index is -0.0405. The van der Waals surface area contributed by atoms with Crippen molar-refractivity contribution in [2.45, 2.75) is 51.6 Å². The van der Waals surface area contributed by atoms with Gasteiger partial charge in [0.05, 0.1) is 19.8 Å². The van der Waals surface area contributed by atoms with Crippen LogP contribution in [-0.2, 0) is 4.74 Å². The predicted octanol–water partition coefficient (Wildman–Crippen LogP) is 6.22. The van der Waals surface area contributed by atoms with Crippen LogP contribution in [0.25, 0.3) is 10.8 Å². The van der Waals surface area contributed by atoms with E-state index < -0.39 is 0 Å². The van der Waals surface area contributed by atoms with Crippen molar-refractivity contribution >= 4 is 22.4 Å². The second-order valence-corrected chi connectivity index (χ2v) is 7.24. The average Bonchev–Trinajstić information content (AvgIpc) is 2.73. The minimum Gasteiger partial charge on any atom is -0.493 e. The van der Waals surface area contributed by atoms with Gasteiger partial charge in [0.2, 0.25) is 0 Å². The van der Waals surface area contributed by atoms with E-state index in [1.807, 2.05) is 30.3 Å². The van der Waals surface area contributed by atoms with E-state index in [0.29, 0.717) is 24.8 Å². The van der Waals surface area contributed by atoms with Crippen molar-refractivity contribution < 1.29 is 18.9 Å². The molecule has 0 fully saturated rings. The van der Waals surface area contributed by atoms with Gasteiger partial charge in [-0.25, -0.2) is 0 Å². The fraction of sp³-hybridized carbons (Fsp3) is 0.565. The van der Waals surface area contributed by atoms with Gasteiger partial charge in [-0.05, 0) is 12.8 Å². The standard InChI is InChI=1S/C23H33ClO4/c1-4-5-6-7-10-15-27-23-20-12-9-8-11-19(20)21(16-22(23)26-3)28-17-18(25-2)13-14-24/h8-9,11-12,16,18H,4-7,10,13-15,17H2,1-3H3. The van der Waals surface area contributed by atoms with Gasteiger partial charge in [-0.3, -0.25) is 0 Å². The molecule has 28 heavy (non-hydrogen) atoms. The molecular weight excluding hydrogens is 376 g/mol. The van der Waals surface area contributed by atoms with Gasteiger partial charge in [0.25, 0.3) is 0 Å². The van der Waals surface area contributed by atoms with E-state index in [0.717, 1.165) is 35.1 Å². The Balaban J connectivity index is 2.17. The molecule has 0 aliphatic heterocycles. The maximum atomic E-state index is 6.14. The van der Waals surface area contributed by atoms with Crippen LogP contribution in [0.5, 0.6) is 17.2 Å². The van der Waals surface area contributed by atoms with Crippen molar-refractivity contribution in [3.05, 3.63) is 30.3 Å². The van der Waals surface area contributed by atoms with Gasteiger partial charge >= 0.3 is 0 Å². The Morgan fingerprint density at radius 1 is 0.929 bits per heavy atom. The van der Waals surface area contributed by atoms with Crippen molar-refractivity contribution in [2.75, 3.05) is 33.3 Å². The number of fused-ring (bicyclic) bond motifs is 1. The highest BCUT2D eigenvalue weighted by Crippen LogP contribution is 2.41. The molecule has 0 N–H and O–H groups in total. The van der Waals surface area contributed by atoms with Crippen LogP contribution < -0.4 is 14.2 Å². The normalized spacial score (nSPS) is 12.1. The maximum absolute atomic E-state index is 6.14. The fourth-order valence-corrected chi connectivity index (χ4v) is 3.41. The van der Waals surface area contributed by atoms with E-state index in [9.17, 15) is 0 Å². The molecule has 2 rings (SSSR count). The number of hydrogen-bond acceptors (Lipinski definition) is 4. The second kappa shape index (κ2) is 12.7. The molecular formula is C23H33ClO4. The van der Waals surface area contributed by atoms with Crippen LogP contribution in [0.4, 0.5) is 0 Å². The van der Waals surface area contributed by atoms with Gasteiger partial charge in [0, 0.05) is 29.8 Å². The van der Waals surface area contributed by atoms with E-state index in [1.165, 1.54) is 25.7 Å². The molecule has 1 atom stereocenters. The van der Waals surface area contributed by atoms with Crippen molar-refractivity contribution in [3.8, 4) is 17.2 Å². The average molecular weight is 409 g/mol. The Hall–Kier alpha value is -1.65. The number of rotatable bonds is 14. The second-order valence-electron chi connectivity index (χ2n) is 6.86. The van der Waals surface area contributed by atoms with Gasteiger partial charge in [-0.2, -0.15) is 0 Å². The highest BCUT2D eigenvalue weighted by atomic mass is 35.5. The number of alkyl halides is 1. The van der Waals surface area contributed by atoms with E-state index >= 15 is 0 Å². The van der Waals surface area contributed by atoms with Gasteiger partial charge in [-0.1, -0.05) is 56.9 Å². The molecule has 0 amide bonds. The summed E-state index contributed by atoms with van der Waals surface area (Å²) in [7, 11) is 3.34. The number of hydrogen-bond donors (Lipinski definition) is 0. The third kappa shape index (κ3) is 6.46. The summed E-state index contributed by atoms with van der Waals surface area (Å²) in [6.07, 6.45) is 6.72. The summed E-state index contributed by atoms with van der Waals surface area (Å²) in [6, 6.07) is 10.0. The van der Waals surface area contributed by atoms with Crippen molar-refractivity contribution in [1.82, 2.24) is 0 Å². The van der Waals surface area contributed by atoms with E-state index in [4.69, 9.17) is 30.5 Å². The molecule has 1 unspecified atom stereocenters. The molecule has 4 nitrogen and oxygen atoms in total. The maximum Gasteiger partial charge on any atom is 0.169 e. The molecule has 0 aliphatic rings. The monoisotopic (exact) mass is 408 g/mol. The molecule has 0 saturated carbocycles. The molecule has 0 radical (unpaired) electrons.